The normalized spacial score (nSPS) is 11.8. The van der Waals surface area contributed by atoms with Gasteiger partial charge in [0.1, 0.15) is 0 Å². The highest BCUT2D eigenvalue weighted by molar-refractivity contribution is 6.12. The van der Waals surface area contributed by atoms with Gasteiger partial charge in [-0.25, -0.2) is 0 Å². The Morgan fingerprint density at radius 1 is 0.676 bits per heavy atom. The molecule has 0 aliphatic heterocycles. The molecule has 37 heavy (non-hydrogen) atoms. The Labute approximate surface area is 221 Å². The van der Waals surface area contributed by atoms with Gasteiger partial charge in [0.15, 0.2) is 0 Å². The number of rotatable bonds is 9. The first-order valence-corrected chi connectivity index (χ1v) is 12.4. The fraction of sp³-hybridized carbons (Fsp3) is 0.0556. The van der Waals surface area contributed by atoms with E-state index in [0.29, 0.717) is 0 Å². The third-order valence-corrected chi connectivity index (χ3v) is 6.71. The summed E-state index contributed by atoms with van der Waals surface area (Å²) in [6, 6.07) is 22.9. The second-order valence-electron chi connectivity index (χ2n) is 9.07. The molecule has 0 aliphatic rings. The summed E-state index contributed by atoms with van der Waals surface area (Å²) in [4.78, 5) is 0. The van der Waals surface area contributed by atoms with Gasteiger partial charge in [-0.05, 0) is 67.8 Å². The van der Waals surface area contributed by atoms with Gasteiger partial charge in [-0.2, -0.15) is 0 Å². The SMILES string of the molecule is C=Cc1c(-c2c(C=C)c(C=C)c(-c3ccccc3)c3ccccc23)ccc(C(N)/C=C\C(=C)C)c1C=C. The molecule has 0 aromatic heterocycles. The highest BCUT2D eigenvalue weighted by Crippen LogP contribution is 2.45. The van der Waals surface area contributed by atoms with Crippen LogP contribution >= 0.6 is 0 Å². The van der Waals surface area contributed by atoms with E-state index in [9.17, 15) is 0 Å². The highest BCUT2D eigenvalue weighted by atomic mass is 14.6. The van der Waals surface area contributed by atoms with Crippen LogP contribution in [0.15, 0.2) is 117 Å². The van der Waals surface area contributed by atoms with Crippen molar-refractivity contribution in [3.63, 3.8) is 0 Å². The van der Waals surface area contributed by atoms with Crippen LogP contribution in [0, 0.1) is 0 Å². The molecular weight excluding hydrogens is 446 g/mol. The lowest BCUT2D eigenvalue weighted by atomic mass is 9.81. The summed E-state index contributed by atoms with van der Waals surface area (Å²) in [5.74, 6) is 0. The molecule has 4 aromatic rings. The monoisotopic (exact) mass is 479 g/mol. The molecule has 0 heterocycles. The van der Waals surface area contributed by atoms with Crippen LogP contribution in [0.5, 0.6) is 0 Å². The Balaban J connectivity index is 2.12. The summed E-state index contributed by atoms with van der Waals surface area (Å²) in [6.45, 7) is 22.6. The molecule has 0 amide bonds. The van der Waals surface area contributed by atoms with Crippen LogP contribution in [0.1, 0.15) is 40.8 Å². The zero-order valence-corrected chi connectivity index (χ0v) is 21.5. The molecule has 1 unspecified atom stereocenters. The van der Waals surface area contributed by atoms with Crippen LogP contribution in [0.25, 0.3) is 57.3 Å². The summed E-state index contributed by atoms with van der Waals surface area (Å²) in [5, 5.41) is 2.30. The van der Waals surface area contributed by atoms with Crippen LogP contribution in [-0.2, 0) is 0 Å². The first-order chi connectivity index (χ1) is 18.0. The third kappa shape index (κ3) is 4.70. The van der Waals surface area contributed by atoms with E-state index in [0.717, 1.165) is 66.4 Å². The molecule has 182 valence electrons. The first kappa shape index (κ1) is 25.6. The molecule has 0 radical (unpaired) electrons. The average Bonchev–Trinajstić information content (AvgIpc) is 2.93. The van der Waals surface area contributed by atoms with Gasteiger partial charge >= 0.3 is 0 Å². The van der Waals surface area contributed by atoms with Gasteiger partial charge in [0, 0.05) is 6.04 Å². The van der Waals surface area contributed by atoms with E-state index in [2.05, 4.69) is 93.6 Å². The molecule has 0 fully saturated rings. The van der Waals surface area contributed by atoms with E-state index in [1.54, 1.807) is 0 Å². The van der Waals surface area contributed by atoms with E-state index in [1.165, 1.54) is 0 Å². The minimum Gasteiger partial charge on any atom is -0.321 e. The van der Waals surface area contributed by atoms with Crippen molar-refractivity contribution in [2.24, 2.45) is 5.73 Å². The third-order valence-electron chi connectivity index (χ3n) is 6.71. The lowest BCUT2D eigenvalue weighted by Crippen LogP contribution is -2.10. The maximum absolute atomic E-state index is 6.57. The van der Waals surface area contributed by atoms with Gasteiger partial charge in [-0.1, -0.05) is 142 Å². The van der Waals surface area contributed by atoms with Crippen molar-refractivity contribution in [2.45, 2.75) is 13.0 Å². The van der Waals surface area contributed by atoms with Crippen LogP contribution in [0.4, 0.5) is 0 Å². The molecule has 1 heteroatoms. The standard InChI is InChI=1S/C36H33N/c1-7-26-27(8-2)33(22-21-30(26)34(37)23-20-24(5)6)36-29(10-4)28(9-3)35(25-16-12-11-13-17-25)31-18-14-15-19-32(31)36/h7-23,34H,1-5,37H2,6H3/b23-20-. The number of benzene rings is 4. The van der Waals surface area contributed by atoms with E-state index < -0.39 is 0 Å². The Kier molecular flexibility index (Phi) is 7.67. The fourth-order valence-electron chi connectivity index (χ4n) is 5.09. The smallest absolute Gasteiger partial charge is 0.0490 e. The summed E-state index contributed by atoms with van der Waals surface area (Å²) in [5.41, 5.74) is 17.0. The fourth-order valence-corrected chi connectivity index (χ4v) is 5.09. The molecule has 1 nitrogen and oxygen atoms in total. The zero-order valence-electron chi connectivity index (χ0n) is 21.5. The summed E-state index contributed by atoms with van der Waals surface area (Å²) in [7, 11) is 0. The van der Waals surface area contributed by atoms with Crippen molar-refractivity contribution in [1.82, 2.24) is 0 Å². The topological polar surface area (TPSA) is 26.0 Å². The van der Waals surface area contributed by atoms with E-state index in [-0.39, 0.29) is 6.04 Å². The van der Waals surface area contributed by atoms with E-state index >= 15 is 0 Å². The molecule has 0 aliphatic carbocycles. The number of allylic oxidation sites excluding steroid dienone is 2. The highest BCUT2D eigenvalue weighted by Gasteiger charge is 2.21. The molecule has 0 spiro atoms. The molecule has 0 saturated carbocycles. The predicted molar refractivity (Wildman–Crippen MR) is 166 cm³/mol. The van der Waals surface area contributed by atoms with Crippen LogP contribution in [-0.4, -0.2) is 0 Å². The molecule has 1 atom stereocenters. The largest absolute Gasteiger partial charge is 0.321 e. The molecule has 4 aromatic carbocycles. The predicted octanol–water partition coefficient (Wildman–Crippen LogP) is 9.88. The zero-order chi connectivity index (χ0) is 26.5. The van der Waals surface area contributed by atoms with E-state index in [4.69, 9.17) is 5.73 Å². The maximum atomic E-state index is 6.57. The number of fused-ring (bicyclic) bond motifs is 1. The van der Waals surface area contributed by atoms with Crippen molar-refractivity contribution in [3.05, 3.63) is 145 Å². The molecule has 0 saturated heterocycles. The molecule has 4 rings (SSSR count). The van der Waals surface area contributed by atoms with E-state index in [1.807, 2.05) is 49.4 Å². The van der Waals surface area contributed by atoms with Crippen LogP contribution in [0.2, 0.25) is 0 Å². The minimum absolute atomic E-state index is 0.294. The number of nitrogens with two attached hydrogens (primary N) is 1. The van der Waals surface area contributed by atoms with Crippen molar-refractivity contribution in [2.75, 3.05) is 0 Å². The van der Waals surface area contributed by atoms with Gasteiger partial charge in [0.05, 0.1) is 0 Å². The number of hydrogen-bond acceptors (Lipinski definition) is 1. The van der Waals surface area contributed by atoms with Crippen molar-refractivity contribution in [3.8, 4) is 22.3 Å². The maximum Gasteiger partial charge on any atom is 0.0490 e. The van der Waals surface area contributed by atoms with Crippen LogP contribution < -0.4 is 5.73 Å². The lowest BCUT2D eigenvalue weighted by molar-refractivity contribution is 0.907. The van der Waals surface area contributed by atoms with Crippen molar-refractivity contribution in [1.29, 1.82) is 0 Å². The number of hydrogen-bond donors (Lipinski definition) is 1. The van der Waals surface area contributed by atoms with Gasteiger partial charge in [-0.15, -0.1) is 0 Å². The second-order valence-corrected chi connectivity index (χ2v) is 9.07. The summed E-state index contributed by atoms with van der Waals surface area (Å²) < 4.78 is 0. The first-order valence-electron chi connectivity index (χ1n) is 12.4. The summed E-state index contributed by atoms with van der Waals surface area (Å²) in [6.07, 6.45) is 11.5. The average molecular weight is 480 g/mol. The van der Waals surface area contributed by atoms with Crippen molar-refractivity contribution >= 4 is 35.1 Å². The van der Waals surface area contributed by atoms with Gasteiger partial charge in [0.25, 0.3) is 0 Å². The quantitative estimate of drug-likeness (QED) is 0.237. The molecule has 0 bridgehead atoms. The van der Waals surface area contributed by atoms with Crippen LogP contribution in [0.3, 0.4) is 0 Å². The Hall–Kier alpha value is -4.46. The van der Waals surface area contributed by atoms with Crippen molar-refractivity contribution < 1.29 is 0 Å². The Morgan fingerprint density at radius 2 is 1.22 bits per heavy atom. The van der Waals surface area contributed by atoms with Gasteiger partial charge in [-0.3, -0.25) is 0 Å². The van der Waals surface area contributed by atoms with Gasteiger partial charge in [0.2, 0.25) is 0 Å². The Bertz CT molecular complexity index is 1560. The lowest BCUT2D eigenvalue weighted by Gasteiger charge is -2.23. The molecular formula is C36H33N. The summed E-state index contributed by atoms with van der Waals surface area (Å²) >= 11 is 0. The van der Waals surface area contributed by atoms with Gasteiger partial charge < -0.3 is 5.73 Å². The second kappa shape index (κ2) is 11.1. The minimum atomic E-state index is -0.294. The Morgan fingerprint density at radius 3 is 1.78 bits per heavy atom. The molecule has 2 N–H and O–H groups in total.